The molecular weight excluding hydrogens is 352 g/mol. The molecule has 1 aliphatic heterocycles. The summed E-state index contributed by atoms with van der Waals surface area (Å²) in [5.74, 6) is 1.80. The van der Waals surface area contributed by atoms with E-state index in [0.29, 0.717) is 58.4 Å². The molecule has 2 aromatic rings. The molecule has 1 fully saturated rings. The minimum Gasteiger partial charge on any atom is -0.493 e. The lowest BCUT2D eigenvalue weighted by molar-refractivity contribution is 0.172. The Balaban J connectivity index is 1.55. The third kappa shape index (κ3) is 3.33. The van der Waals surface area contributed by atoms with E-state index in [-0.39, 0.29) is 5.88 Å². The Labute approximate surface area is 156 Å². The Hall–Kier alpha value is -2.35. The van der Waals surface area contributed by atoms with Crippen LogP contribution in [-0.2, 0) is 0 Å². The van der Waals surface area contributed by atoms with Crippen molar-refractivity contribution in [3.05, 3.63) is 12.1 Å². The van der Waals surface area contributed by atoms with E-state index in [2.05, 4.69) is 27.5 Å². The molecule has 138 valence electrons. The van der Waals surface area contributed by atoms with Crippen molar-refractivity contribution < 1.29 is 14.6 Å². The monoisotopic (exact) mass is 374 g/mol. The summed E-state index contributed by atoms with van der Waals surface area (Å²) in [6.45, 7) is 3.24. The molecular formula is C18H22N4O3S. The molecule has 0 bridgehead atoms. The van der Waals surface area contributed by atoms with Gasteiger partial charge in [0.15, 0.2) is 17.2 Å². The summed E-state index contributed by atoms with van der Waals surface area (Å²) in [5.41, 5.74) is 1.05. The number of aromatic nitrogens is 1. The number of H-pyrrole nitrogens is 1. The highest BCUT2D eigenvalue weighted by molar-refractivity contribution is 7.80. The fraction of sp³-hybridized carbons (Fsp3) is 0.500. The molecule has 1 aromatic heterocycles. The first kappa shape index (κ1) is 17.1. The topological polar surface area (TPSA) is 91.2 Å². The second kappa shape index (κ2) is 7.11. The van der Waals surface area contributed by atoms with Gasteiger partial charge in [0.2, 0.25) is 11.0 Å². The lowest BCUT2D eigenvalue weighted by atomic mass is 9.86. The minimum atomic E-state index is -0.0556. The van der Waals surface area contributed by atoms with Gasteiger partial charge >= 0.3 is 0 Å². The fourth-order valence-corrected chi connectivity index (χ4v) is 3.81. The van der Waals surface area contributed by atoms with Crippen LogP contribution in [0.2, 0.25) is 0 Å². The third-order valence-corrected chi connectivity index (χ3v) is 5.28. The molecule has 4 rings (SSSR count). The van der Waals surface area contributed by atoms with Crippen LogP contribution in [0.1, 0.15) is 32.6 Å². The van der Waals surface area contributed by atoms with Gasteiger partial charge < -0.3 is 24.9 Å². The van der Waals surface area contributed by atoms with Crippen LogP contribution in [-0.4, -0.2) is 34.5 Å². The van der Waals surface area contributed by atoms with Gasteiger partial charge in [-0.05, 0) is 37.0 Å². The number of ether oxygens (including phenoxy) is 2. The van der Waals surface area contributed by atoms with E-state index in [1.165, 1.54) is 19.3 Å². The molecule has 0 spiro atoms. The van der Waals surface area contributed by atoms with Gasteiger partial charge in [-0.25, -0.2) is 0 Å². The summed E-state index contributed by atoms with van der Waals surface area (Å²) in [5, 5.41) is 22.8. The normalized spacial score (nSPS) is 22.7. The zero-order chi connectivity index (χ0) is 18.1. The number of azo groups is 1. The van der Waals surface area contributed by atoms with Crippen molar-refractivity contribution >= 4 is 33.9 Å². The number of aromatic amines is 1. The van der Waals surface area contributed by atoms with Crippen molar-refractivity contribution in [3.8, 4) is 17.4 Å². The van der Waals surface area contributed by atoms with Crippen LogP contribution < -0.4 is 14.8 Å². The maximum absolute atomic E-state index is 10.2. The minimum absolute atomic E-state index is 0.0556. The van der Waals surface area contributed by atoms with Crippen LogP contribution in [0.3, 0.4) is 0 Å². The number of rotatable bonds is 2. The number of aromatic hydroxyl groups is 1. The number of benzene rings is 1. The van der Waals surface area contributed by atoms with Gasteiger partial charge in [0, 0.05) is 17.5 Å². The molecule has 2 atom stereocenters. The van der Waals surface area contributed by atoms with Gasteiger partial charge in [-0.15, -0.1) is 10.2 Å². The van der Waals surface area contributed by atoms with Gasteiger partial charge in [0.25, 0.3) is 0 Å². The van der Waals surface area contributed by atoms with Crippen molar-refractivity contribution in [2.24, 2.45) is 16.1 Å². The fourth-order valence-electron chi connectivity index (χ4n) is 3.62. The Kier molecular flexibility index (Phi) is 4.67. The van der Waals surface area contributed by atoms with E-state index < -0.39 is 0 Å². The van der Waals surface area contributed by atoms with Gasteiger partial charge in [0.05, 0.1) is 5.52 Å². The predicted octanol–water partition coefficient (Wildman–Crippen LogP) is 4.18. The molecule has 1 saturated carbocycles. The average Bonchev–Trinajstić information content (AvgIpc) is 2.94. The second-order valence-electron chi connectivity index (χ2n) is 6.88. The lowest BCUT2D eigenvalue weighted by Crippen LogP contribution is -2.39. The maximum Gasteiger partial charge on any atom is 0.218 e. The number of hydrogen-bond donors (Lipinski definition) is 3. The number of fused-ring (bicyclic) bond motifs is 2. The van der Waals surface area contributed by atoms with E-state index in [1.54, 1.807) is 12.1 Å². The largest absolute Gasteiger partial charge is 0.493 e. The van der Waals surface area contributed by atoms with Crippen LogP contribution >= 0.6 is 12.2 Å². The van der Waals surface area contributed by atoms with Crippen LogP contribution in [0, 0.1) is 5.92 Å². The van der Waals surface area contributed by atoms with E-state index in [1.807, 2.05) is 0 Å². The van der Waals surface area contributed by atoms with Gasteiger partial charge in [-0.1, -0.05) is 19.8 Å². The maximum atomic E-state index is 10.2. The first-order valence-electron chi connectivity index (χ1n) is 8.98. The van der Waals surface area contributed by atoms with Crippen LogP contribution in [0.4, 0.5) is 5.69 Å². The quantitative estimate of drug-likeness (QED) is 0.542. The second-order valence-corrected chi connectivity index (χ2v) is 7.27. The summed E-state index contributed by atoms with van der Waals surface area (Å²) < 4.78 is 11.2. The van der Waals surface area contributed by atoms with E-state index in [4.69, 9.17) is 21.7 Å². The van der Waals surface area contributed by atoms with E-state index in [9.17, 15) is 5.11 Å². The SMILES string of the molecule is C[C@@H]1CCCC[C@H]1NC(=S)N=Nc1c(O)[nH]c2cc3c(cc12)OCCO3. The van der Waals surface area contributed by atoms with Crippen LogP contribution in [0.15, 0.2) is 22.4 Å². The lowest BCUT2D eigenvalue weighted by Gasteiger charge is -2.29. The third-order valence-electron chi connectivity index (χ3n) is 5.08. The Morgan fingerprint density at radius 3 is 2.73 bits per heavy atom. The molecule has 3 N–H and O–H groups in total. The van der Waals surface area contributed by atoms with Gasteiger partial charge in [0.1, 0.15) is 13.2 Å². The average molecular weight is 374 g/mol. The van der Waals surface area contributed by atoms with Gasteiger partial charge in [-0.3, -0.25) is 0 Å². The molecule has 2 aliphatic rings. The van der Waals surface area contributed by atoms with Crippen molar-refractivity contribution in [1.82, 2.24) is 10.3 Å². The summed E-state index contributed by atoms with van der Waals surface area (Å²) in [6.07, 6.45) is 4.78. The first-order valence-corrected chi connectivity index (χ1v) is 9.39. The van der Waals surface area contributed by atoms with E-state index >= 15 is 0 Å². The highest BCUT2D eigenvalue weighted by Crippen LogP contribution is 2.42. The molecule has 1 aromatic carbocycles. The molecule has 1 aliphatic carbocycles. The smallest absolute Gasteiger partial charge is 0.218 e. The molecule has 0 amide bonds. The molecule has 7 nitrogen and oxygen atoms in total. The van der Waals surface area contributed by atoms with Crippen molar-refractivity contribution in [3.63, 3.8) is 0 Å². The number of thiocarbonyl (C=S) groups is 1. The first-order chi connectivity index (χ1) is 12.6. The Morgan fingerprint density at radius 2 is 1.96 bits per heavy atom. The van der Waals surface area contributed by atoms with Gasteiger partial charge in [-0.2, -0.15) is 0 Å². The van der Waals surface area contributed by atoms with Crippen molar-refractivity contribution in [2.75, 3.05) is 13.2 Å². The Morgan fingerprint density at radius 1 is 1.23 bits per heavy atom. The molecule has 0 saturated heterocycles. The summed E-state index contributed by atoms with van der Waals surface area (Å²) in [4.78, 5) is 2.89. The van der Waals surface area contributed by atoms with Crippen LogP contribution in [0.25, 0.3) is 10.9 Å². The molecule has 8 heteroatoms. The van der Waals surface area contributed by atoms with Crippen molar-refractivity contribution in [2.45, 2.75) is 38.6 Å². The summed E-state index contributed by atoms with van der Waals surface area (Å²) >= 11 is 5.32. The number of hydrogen-bond acceptors (Lipinski definition) is 5. The van der Waals surface area contributed by atoms with Crippen molar-refractivity contribution in [1.29, 1.82) is 0 Å². The number of nitrogens with zero attached hydrogens (tertiary/aromatic N) is 2. The summed E-state index contributed by atoms with van der Waals surface area (Å²) in [7, 11) is 0. The molecule has 0 unspecified atom stereocenters. The zero-order valence-electron chi connectivity index (χ0n) is 14.6. The highest BCUT2D eigenvalue weighted by Gasteiger charge is 2.22. The zero-order valence-corrected chi connectivity index (χ0v) is 15.4. The van der Waals surface area contributed by atoms with E-state index in [0.717, 1.165) is 6.42 Å². The standard InChI is InChI=1S/C18H22N4O3S/c1-10-4-2-3-5-12(10)20-18(26)22-21-16-11-8-14-15(25-7-6-24-14)9-13(11)19-17(16)23/h8-10,12,19,23H,2-7H2,1H3,(H,20,26)/t10-,12-/m1/s1. The molecule has 2 heterocycles. The predicted molar refractivity (Wildman–Crippen MR) is 103 cm³/mol. The molecule has 26 heavy (non-hydrogen) atoms. The van der Waals surface area contributed by atoms with Crippen LogP contribution in [0.5, 0.6) is 17.4 Å². The summed E-state index contributed by atoms with van der Waals surface area (Å²) in [6, 6.07) is 3.93. The number of nitrogens with one attached hydrogen (secondary N) is 2. The highest BCUT2D eigenvalue weighted by atomic mass is 32.1. The Bertz CT molecular complexity index is 864. The molecule has 0 radical (unpaired) electrons.